The number of aromatic nitrogens is 2. The van der Waals surface area contributed by atoms with Crippen LogP contribution in [0.2, 0.25) is 0 Å². The zero-order valence-electron chi connectivity index (χ0n) is 18.7. The zero-order chi connectivity index (χ0) is 22.5. The molecule has 1 unspecified atom stereocenters. The van der Waals surface area contributed by atoms with Gasteiger partial charge in [0.15, 0.2) is 0 Å². The third-order valence-electron chi connectivity index (χ3n) is 7.70. The van der Waals surface area contributed by atoms with E-state index in [1.807, 2.05) is 4.57 Å². The first kappa shape index (κ1) is 20.8. The molecular weight excluding hydrogens is 419 g/mol. The lowest BCUT2D eigenvalue weighted by Crippen LogP contribution is -2.43. The number of hydrogen-bond acceptors (Lipinski definition) is 4. The van der Waals surface area contributed by atoms with Crippen LogP contribution in [0.25, 0.3) is 10.9 Å². The SMILES string of the molecule is O=c1cc(CNC2CCN(CC3Cn4c(=O)ccc5ccc(F)c3c54)CC2)cc2n1CCC2. The van der Waals surface area contributed by atoms with E-state index < -0.39 is 0 Å². The number of pyridine rings is 2. The Bertz CT molecular complexity index is 1340. The Hall–Kier alpha value is -2.77. The fourth-order valence-electron chi connectivity index (χ4n) is 6.01. The van der Waals surface area contributed by atoms with E-state index in [0.29, 0.717) is 18.2 Å². The van der Waals surface area contributed by atoms with Crippen molar-refractivity contribution in [3.8, 4) is 0 Å². The van der Waals surface area contributed by atoms with Gasteiger partial charge in [0.1, 0.15) is 5.82 Å². The molecule has 6 nitrogen and oxygen atoms in total. The predicted molar refractivity (Wildman–Crippen MR) is 126 cm³/mol. The number of benzene rings is 1. The minimum absolute atomic E-state index is 0.00713. The molecule has 0 spiro atoms. The van der Waals surface area contributed by atoms with Crippen molar-refractivity contribution in [2.24, 2.45) is 0 Å². The van der Waals surface area contributed by atoms with Crippen molar-refractivity contribution in [3.63, 3.8) is 0 Å². The first-order valence-electron chi connectivity index (χ1n) is 12.1. The van der Waals surface area contributed by atoms with Crippen LogP contribution in [0.15, 0.2) is 46.0 Å². The summed E-state index contributed by atoms with van der Waals surface area (Å²) in [4.78, 5) is 27.0. The van der Waals surface area contributed by atoms with E-state index in [0.717, 1.165) is 80.6 Å². The van der Waals surface area contributed by atoms with Gasteiger partial charge in [-0.15, -0.1) is 0 Å². The largest absolute Gasteiger partial charge is 0.313 e. The third kappa shape index (κ3) is 3.73. The van der Waals surface area contributed by atoms with Gasteiger partial charge in [-0.2, -0.15) is 0 Å². The fraction of sp³-hybridized carbons (Fsp3) is 0.462. The van der Waals surface area contributed by atoms with Crippen molar-refractivity contribution in [1.82, 2.24) is 19.4 Å². The molecule has 1 saturated heterocycles. The van der Waals surface area contributed by atoms with Crippen LogP contribution in [0.1, 0.15) is 42.0 Å². The van der Waals surface area contributed by atoms with E-state index in [9.17, 15) is 14.0 Å². The molecule has 1 aromatic carbocycles. The minimum Gasteiger partial charge on any atom is -0.313 e. The molecule has 33 heavy (non-hydrogen) atoms. The minimum atomic E-state index is -0.203. The Labute approximate surface area is 191 Å². The highest BCUT2D eigenvalue weighted by molar-refractivity contribution is 5.84. The summed E-state index contributed by atoms with van der Waals surface area (Å²) in [6.45, 7) is 4.79. The molecule has 6 rings (SSSR count). The normalized spacial score (nSPS) is 20.6. The molecule has 1 fully saturated rings. The van der Waals surface area contributed by atoms with E-state index in [4.69, 9.17) is 0 Å². The Kier molecular flexibility index (Phi) is 5.18. The highest BCUT2D eigenvalue weighted by atomic mass is 19.1. The van der Waals surface area contributed by atoms with Gasteiger partial charge in [-0.25, -0.2) is 4.39 Å². The molecule has 172 valence electrons. The summed E-state index contributed by atoms with van der Waals surface area (Å²) in [6, 6.07) is 11.0. The molecule has 5 heterocycles. The van der Waals surface area contributed by atoms with Crippen LogP contribution < -0.4 is 16.4 Å². The van der Waals surface area contributed by atoms with Gasteiger partial charge in [-0.3, -0.25) is 9.59 Å². The second-order valence-electron chi connectivity index (χ2n) is 9.78. The van der Waals surface area contributed by atoms with Gasteiger partial charge in [0.2, 0.25) is 0 Å². The van der Waals surface area contributed by atoms with Crippen LogP contribution in [0.3, 0.4) is 0 Å². The number of halogens is 1. The summed E-state index contributed by atoms with van der Waals surface area (Å²) in [5.74, 6) is -0.196. The quantitative estimate of drug-likeness (QED) is 0.652. The van der Waals surface area contributed by atoms with Crippen LogP contribution in [-0.2, 0) is 26.1 Å². The average molecular weight is 449 g/mol. The van der Waals surface area contributed by atoms with Crippen LogP contribution in [0.5, 0.6) is 0 Å². The van der Waals surface area contributed by atoms with E-state index in [2.05, 4.69) is 16.3 Å². The number of aryl methyl sites for hydroxylation is 1. The lowest BCUT2D eigenvalue weighted by Gasteiger charge is -2.34. The summed E-state index contributed by atoms with van der Waals surface area (Å²) in [6.07, 6.45) is 4.10. The van der Waals surface area contributed by atoms with Crippen molar-refractivity contribution in [2.75, 3.05) is 19.6 Å². The maximum Gasteiger partial charge on any atom is 0.251 e. The number of nitrogens with one attached hydrogen (secondary N) is 1. The number of rotatable bonds is 5. The summed E-state index contributed by atoms with van der Waals surface area (Å²) in [7, 11) is 0. The number of piperidine rings is 1. The average Bonchev–Trinajstić information content (AvgIpc) is 3.44. The molecule has 0 saturated carbocycles. The first-order chi connectivity index (χ1) is 16.1. The van der Waals surface area contributed by atoms with Crippen LogP contribution in [0, 0.1) is 5.82 Å². The molecule has 0 bridgehead atoms. The molecular formula is C26H29FN4O2. The van der Waals surface area contributed by atoms with Gasteiger partial charge in [-0.1, -0.05) is 0 Å². The van der Waals surface area contributed by atoms with Crippen LogP contribution >= 0.6 is 0 Å². The topological polar surface area (TPSA) is 59.3 Å². The smallest absolute Gasteiger partial charge is 0.251 e. The van der Waals surface area contributed by atoms with E-state index >= 15 is 0 Å². The van der Waals surface area contributed by atoms with Gasteiger partial charge >= 0.3 is 0 Å². The molecule has 2 aromatic heterocycles. The standard InChI is InChI=1S/C26H29FN4O2/c27-22-5-3-18-4-6-23(32)31-16-19(25(22)26(18)31)15-29-10-7-20(8-11-29)28-14-17-12-21-2-1-9-30(21)24(33)13-17/h3-6,12-13,19-20,28H,1-2,7-11,14-16H2. The van der Waals surface area contributed by atoms with Crippen LogP contribution in [-0.4, -0.2) is 39.7 Å². The third-order valence-corrected chi connectivity index (χ3v) is 7.70. The molecule has 0 radical (unpaired) electrons. The van der Waals surface area contributed by atoms with Crippen molar-refractivity contribution in [3.05, 3.63) is 79.7 Å². The fourth-order valence-corrected chi connectivity index (χ4v) is 6.01. The van der Waals surface area contributed by atoms with Crippen molar-refractivity contribution >= 4 is 10.9 Å². The maximum atomic E-state index is 14.8. The van der Waals surface area contributed by atoms with Crippen molar-refractivity contribution < 1.29 is 4.39 Å². The van der Waals surface area contributed by atoms with Gasteiger partial charge < -0.3 is 19.4 Å². The van der Waals surface area contributed by atoms with E-state index in [1.165, 1.54) is 6.07 Å². The summed E-state index contributed by atoms with van der Waals surface area (Å²) in [5, 5.41) is 4.57. The van der Waals surface area contributed by atoms with Gasteiger partial charge in [0, 0.05) is 61.5 Å². The molecule has 1 atom stereocenters. The number of fused-ring (bicyclic) bond motifs is 1. The molecule has 1 N–H and O–H groups in total. The summed E-state index contributed by atoms with van der Waals surface area (Å²) >= 11 is 0. The van der Waals surface area contributed by atoms with Crippen molar-refractivity contribution in [1.29, 1.82) is 0 Å². The Morgan fingerprint density at radius 1 is 0.970 bits per heavy atom. The zero-order valence-corrected chi connectivity index (χ0v) is 18.7. The Balaban J connectivity index is 1.08. The van der Waals surface area contributed by atoms with Crippen LogP contribution in [0.4, 0.5) is 4.39 Å². The summed E-state index contributed by atoms with van der Waals surface area (Å²) < 4.78 is 18.4. The summed E-state index contributed by atoms with van der Waals surface area (Å²) in [5.41, 5.74) is 3.78. The highest BCUT2D eigenvalue weighted by Crippen LogP contribution is 2.35. The van der Waals surface area contributed by atoms with Gasteiger partial charge in [0.05, 0.1) is 5.52 Å². The van der Waals surface area contributed by atoms with Crippen molar-refractivity contribution in [2.45, 2.75) is 57.3 Å². The molecule has 3 aliphatic rings. The Morgan fingerprint density at radius 2 is 1.79 bits per heavy atom. The van der Waals surface area contributed by atoms with Gasteiger partial charge in [-0.05, 0) is 74.0 Å². The lowest BCUT2D eigenvalue weighted by molar-refractivity contribution is 0.184. The Morgan fingerprint density at radius 3 is 2.64 bits per heavy atom. The predicted octanol–water partition coefficient (Wildman–Crippen LogP) is 2.60. The number of nitrogens with zero attached hydrogens (tertiary/aromatic N) is 3. The lowest BCUT2D eigenvalue weighted by atomic mass is 9.96. The van der Waals surface area contributed by atoms with E-state index in [-0.39, 0.29) is 22.9 Å². The number of likely N-dealkylation sites (tertiary alicyclic amines) is 1. The molecule has 3 aliphatic heterocycles. The van der Waals surface area contributed by atoms with Gasteiger partial charge in [0.25, 0.3) is 11.1 Å². The molecule has 0 aliphatic carbocycles. The maximum absolute atomic E-state index is 14.8. The monoisotopic (exact) mass is 448 g/mol. The highest BCUT2D eigenvalue weighted by Gasteiger charge is 2.31. The molecule has 3 aromatic rings. The second kappa shape index (κ2) is 8.22. The first-order valence-corrected chi connectivity index (χ1v) is 12.1. The van der Waals surface area contributed by atoms with E-state index in [1.54, 1.807) is 28.8 Å². The number of hydrogen-bond donors (Lipinski definition) is 1. The second-order valence-corrected chi connectivity index (χ2v) is 9.78. The molecule has 7 heteroatoms. The molecule has 0 amide bonds.